The van der Waals surface area contributed by atoms with Gasteiger partial charge in [0.05, 0.1) is 18.6 Å². The van der Waals surface area contributed by atoms with Crippen LogP contribution in [0.3, 0.4) is 0 Å². The van der Waals surface area contributed by atoms with Gasteiger partial charge in [-0.05, 0) is 12.1 Å². The van der Waals surface area contributed by atoms with Crippen molar-refractivity contribution in [3.8, 4) is 0 Å². The van der Waals surface area contributed by atoms with Crippen LogP contribution in [0.15, 0.2) is 42.9 Å². The van der Waals surface area contributed by atoms with Crippen molar-refractivity contribution >= 4 is 17.8 Å². The first-order chi connectivity index (χ1) is 11.1. The highest BCUT2D eigenvalue weighted by molar-refractivity contribution is 5.96. The molecule has 1 atom stereocenters. The monoisotopic (exact) mass is 316 g/mol. The van der Waals surface area contributed by atoms with Crippen molar-refractivity contribution in [3.63, 3.8) is 0 Å². The quantitative estimate of drug-likeness (QED) is 0.570. The van der Waals surface area contributed by atoms with E-state index in [0.717, 1.165) is 0 Å². The van der Waals surface area contributed by atoms with Gasteiger partial charge in [-0.1, -0.05) is 18.2 Å². The Morgan fingerprint density at radius 3 is 2.57 bits per heavy atom. The van der Waals surface area contributed by atoms with Gasteiger partial charge in [-0.3, -0.25) is 9.59 Å². The molecule has 4 N–H and O–H groups in total. The highest BCUT2D eigenvalue weighted by Gasteiger charge is 2.21. The number of aromatic amines is 1. The van der Waals surface area contributed by atoms with Gasteiger partial charge in [-0.25, -0.2) is 9.78 Å². The van der Waals surface area contributed by atoms with Crippen molar-refractivity contribution in [2.75, 3.05) is 6.54 Å². The summed E-state index contributed by atoms with van der Waals surface area (Å²) in [6.45, 7) is -0.307. The average Bonchev–Trinajstić information content (AvgIpc) is 3.06. The molecule has 0 aliphatic rings. The van der Waals surface area contributed by atoms with Gasteiger partial charge in [0.25, 0.3) is 5.91 Å². The second kappa shape index (κ2) is 7.74. The largest absolute Gasteiger partial charge is 0.480 e. The molecular formula is C15H16N4O4. The molecule has 0 saturated carbocycles. The Bertz CT molecular complexity index is 670. The fourth-order valence-electron chi connectivity index (χ4n) is 1.91. The highest BCUT2D eigenvalue weighted by Crippen LogP contribution is 1.99. The summed E-state index contributed by atoms with van der Waals surface area (Å²) in [5, 5.41) is 13.9. The van der Waals surface area contributed by atoms with Crippen LogP contribution in [0.1, 0.15) is 16.1 Å². The van der Waals surface area contributed by atoms with Gasteiger partial charge < -0.3 is 20.7 Å². The molecule has 8 heteroatoms. The first-order valence-electron chi connectivity index (χ1n) is 6.89. The number of H-pyrrole nitrogens is 1. The van der Waals surface area contributed by atoms with Gasteiger partial charge in [-0.15, -0.1) is 0 Å². The maximum Gasteiger partial charge on any atom is 0.326 e. The minimum atomic E-state index is -1.17. The molecule has 1 aromatic heterocycles. The molecule has 0 aliphatic heterocycles. The Hall–Kier alpha value is -3.16. The summed E-state index contributed by atoms with van der Waals surface area (Å²) in [4.78, 5) is 41.4. The van der Waals surface area contributed by atoms with Crippen molar-refractivity contribution in [1.82, 2.24) is 20.6 Å². The van der Waals surface area contributed by atoms with E-state index in [1.54, 1.807) is 36.5 Å². The molecule has 0 spiro atoms. The lowest BCUT2D eigenvalue weighted by Gasteiger charge is -2.13. The lowest BCUT2D eigenvalue weighted by Crippen LogP contribution is -2.46. The molecule has 1 unspecified atom stereocenters. The van der Waals surface area contributed by atoms with Crippen LogP contribution in [0, 0.1) is 0 Å². The molecule has 2 rings (SSSR count). The molecule has 2 aromatic rings. The highest BCUT2D eigenvalue weighted by atomic mass is 16.4. The van der Waals surface area contributed by atoms with Gasteiger partial charge in [-0.2, -0.15) is 0 Å². The average molecular weight is 316 g/mol. The Morgan fingerprint density at radius 1 is 1.22 bits per heavy atom. The maximum atomic E-state index is 11.8. The van der Waals surface area contributed by atoms with Gasteiger partial charge >= 0.3 is 5.97 Å². The number of benzene rings is 1. The lowest BCUT2D eigenvalue weighted by atomic mass is 10.1. The van der Waals surface area contributed by atoms with Gasteiger partial charge in [0.1, 0.15) is 6.04 Å². The van der Waals surface area contributed by atoms with E-state index in [1.165, 1.54) is 6.33 Å². The summed E-state index contributed by atoms with van der Waals surface area (Å²) in [6.07, 6.45) is 3.03. The van der Waals surface area contributed by atoms with E-state index in [-0.39, 0.29) is 13.0 Å². The number of amides is 2. The topological polar surface area (TPSA) is 124 Å². The molecule has 1 aromatic carbocycles. The molecule has 2 amide bonds. The Balaban J connectivity index is 1.84. The third kappa shape index (κ3) is 4.95. The van der Waals surface area contributed by atoms with Crippen LogP contribution in [-0.4, -0.2) is 45.4 Å². The zero-order valence-corrected chi connectivity index (χ0v) is 12.2. The number of aromatic nitrogens is 2. The van der Waals surface area contributed by atoms with E-state index in [0.29, 0.717) is 11.3 Å². The minimum Gasteiger partial charge on any atom is -0.480 e. The van der Waals surface area contributed by atoms with Crippen LogP contribution >= 0.6 is 0 Å². The smallest absolute Gasteiger partial charge is 0.326 e. The predicted octanol–water partition coefficient (Wildman–Crippen LogP) is -0.0484. The molecule has 8 nitrogen and oxygen atoms in total. The van der Waals surface area contributed by atoms with Crippen molar-refractivity contribution < 1.29 is 19.5 Å². The number of imidazole rings is 1. The number of carbonyl (C=O) groups excluding carboxylic acids is 2. The van der Waals surface area contributed by atoms with Crippen LogP contribution in [0.5, 0.6) is 0 Å². The second-order valence-corrected chi connectivity index (χ2v) is 4.77. The molecule has 1 heterocycles. The standard InChI is InChI=1S/C15H16N4O4/c20-13(8-17-14(21)10-4-2-1-3-5-10)19-12(15(22)23)6-11-7-16-9-18-11/h1-5,7,9,12H,6,8H2,(H,16,18)(H,17,21)(H,19,20)(H,22,23). The summed E-state index contributed by atoms with van der Waals surface area (Å²) in [5.74, 6) is -2.16. The number of hydrogen-bond acceptors (Lipinski definition) is 4. The lowest BCUT2D eigenvalue weighted by molar-refractivity contribution is -0.141. The predicted molar refractivity (Wildman–Crippen MR) is 80.6 cm³/mol. The summed E-state index contributed by atoms with van der Waals surface area (Å²) in [7, 11) is 0. The molecule has 0 fully saturated rings. The van der Waals surface area contributed by atoms with Gasteiger partial charge in [0.2, 0.25) is 5.91 Å². The number of carboxylic acid groups (broad SMARTS) is 1. The summed E-state index contributed by atoms with van der Waals surface area (Å²) >= 11 is 0. The van der Waals surface area contributed by atoms with E-state index >= 15 is 0 Å². The van der Waals surface area contributed by atoms with Crippen LogP contribution in [0.4, 0.5) is 0 Å². The Labute approximate surface area is 131 Å². The number of nitrogens with one attached hydrogen (secondary N) is 3. The molecule has 0 saturated heterocycles. The minimum absolute atomic E-state index is 0.0528. The van der Waals surface area contributed by atoms with E-state index < -0.39 is 23.8 Å². The van der Waals surface area contributed by atoms with Crippen LogP contribution in [0.25, 0.3) is 0 Å². The number of rotatable bonds is 7. The van der Waals surface area contributed by atoms with E-state index in [4.69, 9.17) is 5.11 Å². The van der Waals surface area contributed by atoms with E-state index in [2.05, 4.69) is 20.6 Å². The number of carbonyl (C=O) groups is 3. The molecule has 0 radical (unpaired) electrons. The van der Waals surface area contributed by atoms with Crippen molar-refractivity contribution in [1.29, 1.82) is 0 Å². The molecule has 0 aliphatic carbocycles. The van der Waals surface area contributed by atoms with Crippen LogP contribution in [0.2, 0.25) is 0 Å². The number of aliphatic carboxylic acids is 1. The molecule has 120 valence electrons. The van der Waals surface area contributed by atoms with Crippen molar-refractivity contribution in [2.45, 2.75) is 12.5 Å². The molecule has 0 bridgehead atoms. The number of nitrogens with zero attached hydrogens (tertiary/aromatic N) is 1. The number of hydrogen-bond donors (Lipinski definition) is 4. The fraction of sp³-hybridized carbons (Fsp3) is 0.200. The Kier molecular flexibility index (Phi) is 5.45. The number of carboxylic acids is 1. The summed E-state index contributed by atoms with van der Waals surface area (Å²) in [5.41, 5.74) is 0.942. The van der Waals surface area contributed by atoms with Crippen molar-refractivity contribution in [3.05, 3.63) is 54.1 Å². The third-order valence-electron chi connectivity index (χ3n) is 3.05. The van der Waals surface area contributed by atoms with Crippen LogP contribution in [-0.2, 0) is 16.0 Å². The third-order valence-corrected chi connectivity index (χ3v) is 3.05. The van der Waals surface area contributed by atoms with Gasteiger partial charge in [0.15, 0.2) is 0 Å². The summed E-state index contributed by atoms with van der Waals surface area (Å²) in [6, 6.07) is 7.31. The molecular weight excluding hydrogens is 300 g/mol. The van der Waals surface area contributed by atoms with Crippen LogP contribution < -0.4 is 10.6 Å². The first-order valence-corrected chi connectivity index (χ1v) is 6.89. The maximum absolute atomic E-state index is 11.8. The second-order valence-electron chi connectivity index (χ2n) is 4.77. The SMILES string of the molecule is O=C(CNC(=O)c1ccccc1)NC(Cc1c[nH]cn1)C(=O)O. The fourth-order valence-corrected chi connectivity index (χ4v) is 1.91. The zero-order valence-electron chi connectivity index (χ0n) is 12.2. The zero-order chi connectivity index (χ0) is 16.7. The Morgan fingerprint density at radius 2 is 1.96 bits per heavy atom. The normalized spacial score (nSPS) is 11.5. The summed E-state index contributed by atoms with van der Waals surface area (Å²) < 4.78 is 0. The van der Waals surface area contributed by atoms with E-state index in [1.807, 2.05) is 0 Å². The van der Waals surface area contributed by atoms with E-state index in [9.17, 15) is 14.4 Å². The van der Waals surface area contributed by atoms with Gasteiger partial charge in [0, 0.05) is 18.2 Å². The first kappa shape index (κ1) is 16.2. The van der Waals surface area contributed by atoms with Crippen molar-refractivity contribution in [2.24, 2.45) is 0 Å². The molecule has 23 heavy (non-hydrogen) atoms.